The fourth-order valence-electron chi connectivity index (χ4n) is 1.87. The van der Waals surface area contributed by atoms with Crippen molar-refractivity contribution in [2.24, 2.45) is 5.92 Å². The van der Waals surface area contributed by atoms with Crippen LogP contribution in [0, 0.1) is 5.92 Å². The van der Waals surface area contributed by atoms with Crippen molar-refractivity contribution in [1.29, 1.82) is 0 Å². The molecule has 1 rings (SSSR count). The van der Waals surface area contributed by atoms with Gasteiger partial charge in [-0.15, -0.1) is 0 Å². The van der Waals surface area contributed by atoms with Crippen molar-refractivity contribution >= 4 is 15.9 Å². The first-order chi connectivity index (χ1) is 7.85. The molecular formula is C11H22N2O3S. The first-order valence-corrected chi connectivity index (χ1v) is 7.79. The molecule has 1 saturated heterocycles. The van der Waals surface area contributed by atoms with Crippen LogP contribution < -0.4 is 4.72 Å². The van der Waals surface area contributed by atoms with Crippen LogP contribution in [-0.2, 0) is 14.8 Å². The van der Waals surface area contributed by atoms with Gasteiger partial charge in [0, 0.05) is 13.1 Å². The smallest absolute Gasteiger partial charge is 0.240 e. The molecule has 1 fully saturated rings. The third kappa shape index (κ3) is 4.27. The molecule has 1 N–H and O–H groups in total. The number of unbranched alkanes of at least 4 members (excludes halogenated alkanes) is 1. The second-order valence-electron chi connectivity index (χ2n) is 4.86. The molecule has 100 valence electrons. The molecule has 0 aromatic carbocycles. The summed E-state index contributed by atoms with van der Waals surface area (Å²) in [5, 5.41) is 0. The fraction of sp³-hybridized carbons (Fsp3) is 0.909. The lowest BCUT2D eigenvalue weighted by atomic mass is 10.0. The number of rotatable bonds is 6. The summed E-state index contributed by atoms with van der Waals surface area (Å²) in [6, 6.07) is -0.649. The van der Waals surface area contributed by atoms with E-state index in [9.17, 15) is 13.2 Å². The maximum absolute atomic E-state index is 11.8. The van der Waals surface area contributed by atoms with E-state index in [0.29, 0.717) is 12.3 Å². The molecule has 0 spiro atoms. The first-order valence-electron chi connectivity index (χ1n) is 6.14. The second kappa shape index (κ2) is 5.82. The maximum atomic E-state index is 11.8. The number of hydrogen-bond donors (Lipinski definition) is 1. The number of carbonyl (C=O) groups excluding carboxylic acids is 1. The monoisotopic (exact) mass is 262 g/mol. The number of sulfonamides is 1. The van der Waals surface area contributed by atoms with E-state index < -0.39 is 16.1 Å². The Labute approximate surface area is 104 Å². The van der Waals surface area contributed by atoms with Crippen molar-refractivity contribution < 1.29 is 13.2 Å². The highest BCUT2D eigenvalue weighted by molar-refractivity contribution is 7.89. The van der Waals surface area contributed by atoms with Gasteiger partial charge in [0.15, 0.2) is 0 Å². The molecular weight excluding hydrogens is 240 g/mol. The molecule has 1 aliphatic heterocycles. The van der Waals surface area contributed by atoms with Crippen molar-refractivity contribution in [3.8, 4) is 0 Å². The van der Waals surface area contributed by atoms with Gasteiger partial charge in [0.1, 0.15) is 0 Å². The van der Waals surface area contributed by atoms with E-state index in [0.717, 1.165) is 19.5 Å². The molecule has 1 unspecified atom stereocenters. The molecule has 6 heteroatoms. The molecule has 0 radical (unpaired) electrons. The average Bonchev–Trinajstić information content (AvgIpc) is 2.20. The Morgan fingerprint density at radius 1 is 1.47 bits per heavy atom. The van der Waals surface area contributed by atoms with Gasteiger partial charge in [-0.25, -0.2) is 13.1 Å². The Morgan fingerprint density at radius 3 is 2.53 bits per heavy atom. The predicted octanol–water partition coefficient (Wildman–Crippen LogP) is 0.573. The van der Waals surface area contributed by atoms with E-state index in [4.69, 9.17) is 0 Å². The van der Waals surface area contributed by atoms with Crippen LogP contribution in [-0.4, -0.2) is 44.1 Å². The molecule has 1 heterocycles. The third-order valence-electron chi connectivity index (χ3n) is 2.87. The van der Waals surface area contributed by atoms with Crippen molar-refractivity contribution in [2.45, 2.75) is 39.7 Å². The highest BCUT2D eigenvalue weighted by Crippen LogP contribution is 2.15. The van der Waals surface area contributed by atoms with Gasteiger partial charge < -0.3 is 4.90 Å². The summed E-state index contributed by atoms with van der Waals surface area (Å²) in [4.78, 5) is 13.5. The number of carbonyl (C=O) groups is 1. The maximum Gasteiger partial charge on any atom is 0.240 e. The molecule has 17 heavy (non-hydrogen) atoms. The van der Waals surface area contributed by atoms with Gasteiger partial charge in [-0.1, -0.05) is 20.3 Å². The molecule has 0 aromatic heterocycles. The van der Waals surface area contributed by atoms with Gasteiger partial charge in [0.2, 0.25) is 15.9 Å². The quantitative estimate of drug-likeness (QED) is 0.761. The zero-order chi connectivity index (χ0) is 13.1. The highest BCUT2D eigenvalue weighted by Gasteiger charge is 2.31. The van der Waals surface area contributed by atoms with Gasteiger partial charge in [-0.05, 0) is 19.3 Å². The van der Waals surface area contributed by atoms with Gasteiger partial charge in [0.25, 0.3) is 0 Å². The number of likely N-dealkylation sites (tertiary alicyclic amines) is 1. The van der Waals surface area contributed by atoms with Crippen LogP contribution in [0.3, 0.4) is 0 Å². The van der Waals surface area contributed by atoms with Crippen LogP contribution in [0.1, 0.15) is 33.6 Å². The molecule has 0 bridgehead atoms. The number of amides is 1. The number of hydrogen-bond acceptors (Lipinski definition) is 3. The van der Waals surface area contributed by atoms with Crippen LogP contribution in [0.25, 0.3) is 0 Å². The minimum absolute atomic E-state index is 0.0948. The van der Waals surface area contributed by atoms with E-state index >= 15 is 0 Å². The number of nitrogens with one attached hydrogen (secondary N) is 1. The largest absolute Gasteiger partial charge is 0.341 e. The molecule has 1 atom stereocenters. The van der Waals surface area contributed by atoms with Crippen molar-refractivity contribution in [1.82, 2.24) is 9.62 Å². The summed E-state index contributed by atoms with van der Waals surface area (Å²) in [6.45, 7) is 7.08. The van der Waals surface area contributed by atoms with Crippen LogP contribution in [0.2, 0.25) is 0 Å². The predicted molar refractivity (Wildman–Crippen MR) is 67.0 cm³/mol. The van der Waals surface area contributed by atoms with Crippen LogP contribution in [0.5, 0.6) is 0 Å². The topological polar surface area (TPSA) is 66.5 Å². The Hall–Kier alpha value is -0.620. The van der Waals surface area contributed by atoms with Gasteiger partial charge in [0.05, 0.1) is 11.8 Å². The van der Waals surface area contributed by atoms with Gasteiger partial charge in [-0.2, -0.15) is 0 Å². The van der Waals surface area contributed by atoms with Crippen LogP contribution >= 0.6 is 0 Å². The Kier molecular flexibility index (Phi) is 4.94. The first kappa shape index (κ1) is 14.4. The zero-order valence-corrected chi connectivity index (χ0v) is 11.6. The molecule has 0 aliphatic carbocycles. The second-order valence-corrected chi connectivity index (χ2v) is 6.73. The van der Waals surface area contributed by atoms with Gasteiger partial charge in [-0.3, -0.25) is 4.79 Å². The summed E-state index contributed by atoms with van der Waals surface area (Å²) in [7, 11) is -3.32. The Morgan fingerprint density at radius 2 is 2.06 bits per heavy atom. The third-order valence-corrected chi connectivity index (χ3v) is 4.41. The van der Waals surface area contributed by atoms with Crippen molar-refractivity contribution in [3.05, 3.63) is 0 Å². The lowest BCUT2D eigenvalue weighted by Crippen LogP contribution is -2.55. The van der Waals surface area contributed by atoms with E-state index in [2.05, 4.69) is 11.6 Å². The summed E-state index contributed by atoms with van der Waals surface area (Å²) in [5.41, 5.74) is 0. The lowest BCUT2D eigenvalue weighted by molar-refractivity contribution is -0.138. The standard InChI is InChI=1S/C11H22N2O3S/c1-4-5-6-17(15,16)12-10(3)11(14)13-7-9(2)8-13/h9-10,12H,4-8H2,1-3H3. The van der Waals surface area contributed by atoms with Crippen molar-refractivity contribution in [3.63, 3.8) is 0 Å². The van der Waals surface area contributed by atoms with E-state index in [1.807, 2.05) is 6.92 Å². The summed E-state index contributed by atoms with van der Waals surface area (Å²) >= 11 is 0. The van der Waals surface area contributed by atoms with E-state index in [1.165, 1.54) is 0 Å². The summed E-state index contributed by atoms with van der Waals surface area (Å²) < 4.78 is 25.7. The van der Waals surface area contributed by atoms with Crippen LogP contribution in [0.15, 0.2) is 0 Å². The van der Waals surface area contributed by atoms with Crippen LogP contribution in [0.4, 0.5) is 0 Å². The summed E-state index contributed by atoms with van der Waals surface area (Å²) in [6.07, 6.45) is 1.45. The highest BCUT2D eigenvalue weighted by atomic mass is 32.2. The molecule has 0 saturated carbocycles. The minimum atomic E-state index is -3.32. The fourth-order valence-corrected chi connectivity index (χ4v) is 3.29. The molecule has 1 aliphatic rings. The van der Waals surface area contributed by atoms with Crippen molar-refractivity contribution in [2.75, 3.05) is 18.8 Å². The Balaban J connectivity index is 2.42. The van der Waals surface area contributed by atoms with E-state index in [-0.39, 0.29) is 11.7 Å². The van der Waals surface area contributed by atoms with E-state index in [1.54, 1.807) is 11.8 Å². The summed E-state index contributed by atoms with van der Waals surface area (Å²) in [5.74, 6) is 0.503. The zero-order valence-electron chi connectivity index (χ0n) is 10.8. The minimum Gasteiger partial charge on any atom is -0.341 e. The molecule has 5 nitrogen and oxygen atoms in total. The molecule has 0 aromatic rings. The number of nitrogens with zero attached hydrogens (tertiary/aromatic N) is 1. The Bertz CT molecular complexity index is 361. The molecule has 1 amide bonds. The normalized spacial score (nSPS) is 18.9. The average molecular weight is 262 g/mol. The van der Waals surface area contributed by atoms with Gasteiger partial charge >= 0.3 is 0 Å². The SMILES string of the molecule is CCCCS(=O)(=O)NC(C)C(=O)N1CC(C)C1. The lowest BCUT2D eigenvalue weighted by Gasteiger charge is -2.38.